The van der Waals surface area contributed by atoms with Crippen molar-refractivity contribution < 1.29 is 17.7 Å². The first-order chi connectivity index (χ1) is 10.0. The SMILES string of the molecule is FC(F)(F)C1(CNc2nnc(-c3ccon3)s2)CCCC1. The largest absolute Gasteiger partial charge is 0.396 e. The molecular formula is C12H13F3N4OS. The quantitative estimate of drug-likeness (QED) is 0.930. The third kappa shape index (κ3) is 2.74. The van der Waals surface area contributed by atoms with Gasteiger partial charge in [-0.1, -0.05) is 29.3 Å². The third-order valence-electron chi connectivity index (χ3n) is 3.82. The van der Waals surface area contributed by atoms with Gasteiger partial charge in [0, 0.05) is 12.6 Å². The van der Waals surface area contributed by atoms with E-state index in [0.29, 0.717) is 28.7 Å². The van der Waals surface area contributed by atoms with Crippen molar-refractivity contribution in [3.8, 4) is 10.7 Å². The monoisotopic (exact) mass is 318 g/mol. The van der Waals surface area contributed by atoms with Crippen molar-refractivity contribution in [2.45, 2.75) is 31.9 Å². The molecule has 1 fully saturated rings. The molecule has 1 aliphatic rings. The Morgan fingerprint density at radius 3 is 2.67 bits per heavy atom. The minimum absolute atomic E-state index is 0.163. The highest BCUT2D eigenvalue weighted by Crippen LogP contribution is 2.50. The zero-order valence-corrected chi connectivity index (χ0v) is 11.8. The van der Waals surface area contributed by atoms with E-state index in [2.05, 4.69) is 20.7 Å². The predicted molar refractivity (Wildman–Crippen MR) is 70.9 cm³/mol. The number of hydrogen-bond acceptors (Lipinski definition) is 6. The fraction of sp³-hybridized carbons (Fsp3) is 0.583. The van der Waals surface area contributed by atoms with Gasteiger partial charge in [0.25, 0.3) is 0 Å². The molecule has 114 valence electrons. The maximum atomic E-state index is 13.3. The van der Waals surface area contributed by atoms with Gasteiger partial charge in [0.15, 0.2) is 5.01 Å². The molecule has 21 heavy (non-hydrogen) atoms. The van der Waals surface area contributed by atoms with Crippen molar-refractivity contribution in [2.75, 3.05) is 11.9 Å². The number of rotatable bonds is 4. The number of aromatic nitrogens is 3. The Balaban J connectivity index is 1.70. The van der Waals surface area contributed by atoms with Gasteiger partial charge in [0.1, 0.15) is 12.0 Å². The summed E-state index contributed by atoms with van der Waals surface area (Å²) in [6.07, 6.45) is -1.24. The first-order valence-electron chi connectivity index (χ1n) is 6.55. The molecule has 0 radical (unpaired) electrons. The molecule has 2 heterocycles. The molecule has 1 N–H and O–H groups in total. The van der Waals surface area contributed by atoms with Crippen LogP contribution in [-0.2, 0) is 0 Å². The van der Waals surface area contributed by atoms with Crippen LogP contribution in [0.25, 0.3) is 10.7 Å². The van der Waals surface area contributed by atoms with E-state index in [-0.39, 0.29) is 19.4 Å². The summed E-state index contributed by atoms with van der Waals surface area (Å²) < 4.78 is 44.5. The molecule has 0 unspecified atom stereocenters. The van der Waals surface area contributed by atoms with E-state index in [0.717, 1.165) is 11.3 Å². The highest BCUT2D eigenvalue weighted by molar-refractivity contribution is 7.18. The molecule has 0 bridgehead atoms. The van der Waals surface area contributed by atoms with Crippen molar-refractivity contribution in [3.63, 3.8) is 0 Å². The van der Waals surface area contributed by atoms with Crippen LogP contribution >= 0.6 is 11.3 Å². The van der Waals surface area contributed by atoms with Gasteiger partial charge < -0.3 is 9.84 Å². The lowest BCUT2D eigenvalue weighted by molar-refractivity contribution is -0.217. The van der Waals surface area contributed by atoms with Crippen molar-refractivity contribution in [3.05, 3.63) is 12.3 Å². The lowest BCUT2D eigenvalue weighted by Crippen LogP contribution is -2.41. The first-order valence-corrected chi connectivity index (χ1v) is 7.37. The molecule has 5 nitrogen and oxygen atoms in total. The number of halogens is 3. The Morgan fingerprint density at radius 1 is 1.29 bits per heavy atom. The second kappa shape index (κ2) is 5.28. The average Bonchev–Trinajstić information content (AvgIpc) is 3.17. The second-order valence-electron chi connectivity index (χ2n) is 5.14. The van der Waals surface area contributed by atoms with Crippen molar-refractivity contribution in [1.82, 2.24) is 15.4 Å². The van der Waals surface area contributed by atoms with Crippen LogP contribution in [0.15, 0.2) is 16.9 Å². The standard InChI is InChI=1S/C12H13F3N4OS/c13-12(14,15)11(4-1-2-5-11)7-16-10-18-17-9(21-10)8-3-6-20-19-8/h3,6H,1-2,4-5,7H2,(H,16,18). The summed E-state index contributed by atoms with van der Waals surface area (Å²) in [5.41, 5.74) is -1.13. The van der Waals surface area contributed by atoms with Gasteiger partial charge >= 0.3 is 6.18 Å². The minimum atomic E-state index is -4.20. The molecule has 1 saturated carbocycles. The van der Waals surface area contributed by atoms with Crippen LogP contribution in [0.5, 0.6) is 0 Å². The van der Waals surface area contributed by atoms with E-state index >= 15 is 0 Å². The van der Waals surface area contributed by atoms with E-state index in [1.54, 1.807) is 6.07 Å². The Labute approximate surface area is 122 Å². The molecular weight excluding hydrogens is 305 g/mol. The fourth-order valence-electron chi connectivity index (χ4n) is 2.58. The molecule has 1 aliphatic carbocycles. The molecule has 2 aromatic heterocycles. The van der Waals surface area contributed by atoms with Gasteiger partial charge in [-0.05, 0) is 12.8 Å². The van der Waals surface area contributed by atoms with Crippen LogP contribution < -0.4 is 5.32 Å². The van der Waals surface area contributed by atoms with Crippen LogP contribution in [-0.4, -0.2) is 28.1 Å². The smallest absolute Gasteiger partial charge is 0.364 e. The normalized spacial score (nSPS) is 18.0. The van der Waals surface area contributed by atoms with Crippen LogP contribution in [0.2, 0.25) is 0 Å². The molecule has 0 saturated heterocycles. The summed E-state index contributed by atoms with van der Waals surface area (Å²) in [6, 6.07) is 1.62. The van der Waals surface area contributed by atoms with Gasteiger partial charge in [-0.25, -0.2) is 0 Å². The number of hydrogen-bond donors (Lipinski definition) is 1. The zero-order valence-electron chi connectivity index (χ0n) is 11.0. The van der Waals surface area contributed by atoms with Crippen LogP contribution in [0.3, 0.4) is 0 Å². The molecule has 9 heteroatoms. The van der Waals surface area contributed by atoms with E-state index in [1.165, 1.54) is 6.26 Å². The number of anilines is 1. The van der Waals surface area contributed by atoms with Crippen molar-refractivity contribution in [1.29, 1.82) is 0 Å². The van der Waals surface area contributed by atoms with Crippen molar-refractivity contribution >= 4 is 16.5 Å². The molecule has 0 spiro atoms. The van der Waals surface area contributed by atoms with Gasteiger partial charge in [-0.15, -0.1) is 10.2 Å². The molecule has 2 aromatic rings. The molecule has 0 aliphatic heterocycles. The number of alkyl halides is 3. The van der Waals surface area contributed by atoms with E-state index in [9.17, 15) is 13.2 Å². The third-order valence-corrected chi connectivity index (χ3v) is 4.73. The molecule has 0 amide bonds. The zero-order chi connectivity index (χ0) is 14.9. The maximum Gasteiger partial charge on any atom is 0.396 e. The van der Waals surface area contributed by atoms with Gasteiger partial charge in [0.05, 0.1) is 5.41 Å². The lowest BCUT2D eigenvalue weighted by atomic mass is 9.85. The highest BCUT2D eigenvalue weighted by Gasteiger charge is 2.55. The van der Waals surface area contributed by atoms with Gasteiger partial charge in [-0.3, -0.25) is 0 Å². The Morgan fingerprint density at radius 2 is 2.05 bits per heavy atom. The second-order valence-corrected chi connectivity index (χ2v) is 6.11. The Hall–Kier alpha value is -1.64. The van der Waals surface area contributed by atoms with Crippen LogP contribution in [0, 0.1) is 5.41 Å². The highest BCUT2D eigenvalue weighted by atomic mass is 32.1. The van der Waals surface area contributed by atoms with Gasteiger partial charge in [0.2, 0.25) is 5.13 Å². The number of nitrogens with zero attached hydrogens (tertiary/aromatic N) is 3. The topological polar surface area (TPSA) is 63.8 Å². The summed E-state index contributed by atoms with van der Waals surface area (Å²) >= 11 is 1.16. The van der Waals surface area contributed by atoms with Gasteiger partial charge in [-0.2, -0.15) is 13.2 Å². The van der Waals surface area contributed by atoms with Crippen molar-refractivity contribution in [2.24, 2.45) is 5.41 Å². The van der Waals surface area contributed by atoms with Crippen LogP contribution in [0.4, 0.5) is 18.3 Å². The van der Waals surface area contributed by atoms with E-state index in [1.807, 2.05) is 0 Å². The fourth-order valence-corrected chi connectivity index (χ4v) is 3.28. The number of nitrogens with one attached hydrogen (secondary N) is 1. The first kappa shape index (κ1) is 14.3. The summed E-state index contributed by atoms with van der Waals surface area (Å²) in [7, 11) is 0. The summed E-state index contributed by atoms with van der Waals surface area (Å²) in [5, 5.41) is 15.1. The summed E-state index contributed by atoms with van der Waals surface area (Å²) in [6.45, 7) is -0.163. The van der Waals surface area contributed by atoms with E-state index in [4.69, 9.17) is 4.52 Å². The summed E-state index contributed by atoms with van der Waals surface area (Å²) in [4.78, 5) is 0. The molecule has 3 rings (SSSR count). The van der Waals surface area contributed by atoms with E-state index < -0.39 is 11.6 Å². The van der Waals surface area contributed by atoms with Crippen LogP contribution in [0.1, 0.15) is 25.7 Å². The minimum Gasteiger partial charge on any atom is -0.364 e. The average molecular weight is 318 g/mol. The molecule has 0 aromatic carbocycles. The Kier molecular flexibility index (Phi) is 3.60. The predicted octanol–water partition coefficient (Wildman–Crippen LogP) is 3.73. The molecule has 0 atom stereocenters. The lowest BCUT2D eigenvalue weighted by Gasteiger charge is -2.31. The Bertz CT molecular complexity index is 590. The summed E-state index contributed by atoms with van der Waals surface area (Å²) in [5.74, 6) is 0. The maximum absolute atomic E-state index is 13.3.